The summed E-state index contributed by atoms with van der Waals surface area (Å²) in [4.78, 5) is 0. The Morgan fingerprint density at radius 1 is 0.944 bits per heavy atom. The molecule has 1 aliphatic heterocycles. The van der Waals surface area contributed by atoms with Crippen molar-refractivity contribution < 1.29 is 0 Å². The van der Waals surface area contributed by atoms with E-state index in [0.717, 1.165) is 11.8 Å². The largest absolute Gasteiger partial charge is 0.304 e. The Bertz CT molecular complexity index is 311. The van der Waals surface area contributed by atoms with Crippen LogP contribution in [-0.4, -0.2) is 11.3 Å². The minimum absolute atomic E-state index is 0.285. The number of nitrogens with one attached hydrogen (secondary N) is 1. The Kier molecular flexibility index (Phi) is 3.63. The van der Waals surface area contributed by atoms with E-state index in [1.54, 1.807) is 0 Å². The molecule has 2 aliphatic carbocycles. The van der Waals surface area contributed by atoms with Gasteiger partial charge in [-0.3, -0.25) is 0 Å². The Labute approximate surface area is 112 Å². The summed E-state index contributed by atoms with van der Waals surface area (Å²) in [5, 5.41) is 4.75. The topological polar surface area (TPSA) is 24.4 Å². The maximum absolute atomic E-state index is 4.75. The summed E-state index contributed by atoms with van der Waals surface area (Å²) in [5.74, 6) is 1.66. The van der Waals surface area contributed by atoms with Crippen LogP contribution in [0.1, 0.15) is 77.6 Å². The van der Waals surface area contributed by atoms with E-state index >= 15 is 0 Å². The van der Waals surface area contributed by atoms with Crippen molar-refractivity contribution in [1.82, 2.24) is 5.43 Å². The lowest BCUT2D eigenvalue weighted by Gasteiger charge is -2.36. The van der Waals surface area contributed by atoms with Crippen molar-refractivity contribution in [3.63, 3.8) is 0 Å². The van der Waals surface area contributed by atoms with Crippen LogP contribution in [0.5, 0.6) is 0 Å². The lowest BCUT2D eigenvalue weighted by molar-refractivity contribution is 0.196. The van der Waals surface area contributed by atoms with Crippen molar-refractivity contribution >= 4 is 5.71 Å². The first-order chi connectivity index (χ1) is 8.78. The standard InChI is InChI=1S/C16H28N2/c1-16(14-10-6-3-7-11-14)12-15(17-18-16)13-8-4-2-5-9-13/h13-14,18H,2-12H2,1H3. The van der Waals surface area contributed by atoms with Gasteiger partial charge >= 0.3 is 0 Å². The minimum atomic E-state index is 0.285. The highest BCUT2D eigenvalue weighted by Crippen LogP contribution is 2.39. The van der Waals surface area contributed by atoms with Crippen molar-refractivity contribution in [1.29, 1.82) is 0 Å². The molecule has 3 aliphatic rings. The lowest BCUT2D eigenvalue weighted by Crippen LogP contribution is -2.44. The third-order valence-electron chi connectivity index (χ3n) is 5.59. The molecule has 2 nitrogen and oxygen atoms in total. The summed E-state index contributed by atoms with van der Waals surface area (Å²) in [6, 6.07) is 0. The number of hydrogen-bond donors (Lipinski definition) is 1. The van der Waals surface area contributed by atoms with Crippen molar-refractivity contribution in [2.45, 2.75) is 83.1 Å². The average molecular weight is 248 g/mol. The second-order valence-electron chi connectivity index (χ2n) is 6.98. The van der Waals surface area contributed by atoms with Gasteiger partial charge < -0.3 is 5.43 Å². The van der Waals surface area contributed by atoms with Crippen LogP contribution < -0.4 is 5.43 Å². The zero-order valence-corrected chi connectivity index (χ0v) is 11.9. The Morgan fingerprint density at radius 3 is 2.22 bits per heavy atom. The highest BCUT2D eigenvalue weighted by molar-refractivity contribution is 5.89. The second kappa shape index (κ2) is 5.22. The molecule has 0 aromatic heterocycles. The van der Waals surface area contributed by atoms with Crippen LogP contribution in [-0.2, 0) is 0 Å². The molecule has 102 valence electrons. The van der Waals surface area contributed by atoms with E-state index < -0.39 is 0 Å². The van der Waals surface area contributed by atoms with Crippen LogP contribution in [0.4, 0.5) is 0 Å². The normalized spacial score (nSPS) is 35.3. The van der Waals surface area contributed by atoms with Crippen LogP contribution in [0.2, 0.25) is 0 Å². The van der Waals surface area contributed by atoms with Gasteiger partial charge in [0, 0.05) is 12.1 Å². The summed E-state index contributed by atoms with van der Waals surface area (Å²) < 4.78 is 0. The lowest BCUT2D eigenvalue weighted by atomic mass is 9.72. The van der Waals surface area contributed by atoms with Gasteiger partial charge in [-0.25, -0.2) is 0 Å². The fourth-order valence-corrected chi connectivity index (χ4v) is 4.30. The van der Waals surface area contributed by atoms with Gasteiger partial charge in [-0.2, -0.15) is 5.10 Å². The first kappa shape index (κ1) is 12.5. The van der Waals surface area contributed by atoms with E-state index in [1.165, 1.54) is 76.3 Å². The van der Waals surface area contributed by atoms with Gasteiger partial charge in [-0.1, -0.05) is 38.5 Å². The van der Waals surface area contributed by atoms with Crippen molar-refractivity contribution in [3.05, 3.63) is 0 Å². The van der Waals surface area contributed by atoms with Crippen molar-refractivity contribution in [3.8, 4) is 0 Å². The highest BCUT2D eigenvalue weighted by atomic mass is 15.4. The quantitative estimate of drug-likeness (QED) is 0.776. The van der Waals surface area contributed by atoms with Crippen molar-refractivity contribution in [2.75, 3.05) is 0 Å². The minimum Gasteiger partial charge on any atom is -0.304 e. The molecule has 0 bridgehead atoms. The van der Waals surface area contributed by atoms with Crippen LogP contribution in [0.25, 0.3) is 0 Å². The molecule has 0 amide bonds. The summed E-state index contributed by atoms with van der Waals surface area (Å²) in [5.41, 5.74) is 5.33. The first-order valence-corrected chi connectivity index (χ1v) is 8.11. The molecule has 0 radical (unpaired) electrons. The maximum Gasteiger partial charge on any atom is 0.0601 e. The number of nitrogens with zero attached hydrogens (tertiary/aromatic N) is 1. The highest BCUT2D eigenvalue weighted by Gasteiger charge is 2.40. The van der Waals surface area contributed by atoms with Gasteiger partial charge in [0.1, 0.15) is 0 Å². The zero-order valence-electron chi connectivity index (χ0n) is 11.9. The van der Waals surface area contributed by atoms with Crippen LogP contribution in [0, 0.1) is 11.8 Å². The smallest absolute Gasteiger partial charge is 0.0601 e. The monoisotopic (exact) mass is 248 g/mol. The Morgan fingerprint density at radius 2 is 1.56 bits per heavy atom. The molecule has 2 saturated carbocycles. The third kappa shape index (κ3) is 2.44. The first-order valence-electron chi connectivity index (χ1n) is 8.11. The van der Waals surface area contributed by atoms with Gasteiger partial charge in [-0.15, -0.1) is 0 Å². The Hall–Kier alpha value is -0.530. The molecule has 0 spiro atoms. The van der Waals surface area contributed by atoms with Gasteiger partial charge in [-0.05, 0) is 44.4 Å². The van der Waals surface area contributed by atoms with E-state index in [4.69, 9.17) is 5.10 Å². The molecule has 18 heavy (non-hydrogen) atoms. The fourth-order valence-electron chi connectivity index (χ4n) is 4.30. The molecule has 1 heterocycles. The van der Waals surface area contributed by atoms with Crippen LogP contribution >= 0.6 is 0 Å². The summed E-state index contributed by atoms with van der Waals surface area (Å²) >= 11 is 0. The summed E-state index contributed by atoms with van der Waals surface area (Å²) in [6.45, 7) is 2.42. The molecule has 0 saturated heterocycles. The van der Waals surface area contributed by atoms with E-state index in [9.17, 15) is 0 Å². The number of hydrogen-bond acceptors (Lipinski definition) is 2. The Balaban J connectivity index is 1.61. The third-order valence-corrected chi connectivity index (χ3v) is 5.59. The predicted octanol–water partition coefficient (Wildman–Crippen LogP) is 4.26. The second-order valence-corrected chi connectivity index (χ2v) is 6.98. The maximum atomic E-state index is 4.75. The molecule has 2 fully saturated rings. The fraction of sp³-hybridized carbons (Fsp3) is 0.938. The van der Waals surface area contributed by atoms with E-state index in [2.05, 4.69) is 12.3 Å². The molecular weight excluding hydrogens is 220 g/mol. The zero-order chi connectivity index (χ0) is 12.4. The van der Waals surface area contributed by atoms with Gasteiger partial charge in [0.05, 0.1) is 5.54 Å². The number of rotatable bonds is 2. The molecule has 1 unspecified atom stereocenters. The molecule has 0 aromatic rings. The van der Waals surface area contributed by atoms with Crippen molar-refractivity contribution in [2.24, 2.45) is 16.9 Å². The summed E-state index contributed by atoms with van der Waals surface area (Å²) in [6.07, 6.45) is 15.4. The molecular formula is C16H28N2. The average Bonchev–Trinajstić information content (AvgIpc) is 2.85. The summed E-state index contributed by atoms with van der Waals surface area (Å²) in [7, 11) is 0. The number of hydrazone groups is 1. The van der Waals surface area contributed by atoms with Gasteiger partial charge in [0.2, 0.25) is 0 Å². The van der Waals surface area contributed by atoms with Gasteiger partial charge in [0.25, 0.3) is 0 Å². The SMILES string of the molecule is CC1(C2CCCCC2)CC(C2CCCCC2)=NN1. The predicted molar refractivity (Wildman–Crippen MR) is 76.7 cm³/mol. The van der Waals surface area contributed by atoms with E-state index in [-0.39, 0.29) is 5.54 Å². The van der Waals surface area contributed by atoms with E-state index in [1.807, 2.05) is 0 Å². The van der Waals surface area contributed by atoms with Gasteiger partial charge in [0.15, 0.2) is 0 Å². The molecule has 1 N–H and O–H groups in total. The van der Waals surface area contributed by atoms with Crippen LogP contribution in [0.3, 0.4) is 0 Å². The molecule has 1 atom stereocenters. The van der Waals surface area contributed by atoms with E-state index in [0.29, 0.717) is 0 Å². The molecule has 0 aromatic carbocycles. The molecule has 3 rings (SSSR count). The molecule has 2 heteroatoms. The van der Waals surface area contributed by atoms with Crippen LogP contribution in [0.15, 0.2) is 5.10 Å².